The van der Waals surface area contributed by atoms with Crippen LogP contribution >= 0.6 is 0 Å². The van der Waals surface area contributed by atoms with E-state index in [-0.39, 0.29) is 53.4 Å². The third-order valence-corrected chi connectivity index (χ3v) is 11.9. The highest BCUT2D eigenvalue weighted by Crippen LogP contribution is 2.41. The third kappa shape index (κ3) is 10.6. The van der Waals surface area contributed by atoms with Crippen molar-refractivity contribution in [1.29, 1.82) is 0 Å². The molecule has 0 aliphatic carbocycles. The first-order chi connectivity index (χ1) is 23.1. The number of ketones is 1. The average Bonchev–Trinajstić information content (AvgIpc) is 3.57. The largest absolute Gasteiger partial charge is 0.465 e. The van der Waals surface area contributed by atoms with E-state index in [9.17, 15) is 23.1 Å². The van der Waals surface area contributed by atoms with Crippen LogP contribution in [0.1, 0.15) is 79.1 Å². The lowest BCUT2D eigenvalue weighted by molar-refractivity contribution is -0.153. The summed E-state index contributed by atoms with van der Waals surface area (Å²) >= 11 is 0. The average molecular weight is 705 g/mol. The minimum absolute atomic E-state index is 0.0487. The lowest BCUT2D eigenvalue weighted by atomic mass is 9.83. The van der Waals surface area contributed by atoms with Crippen LogP contribution in [-0.2, 0) is 43.1 Å². The Hall–Kier alpha value is -2.41. The summed E-state index contributed by atoms with van der Waals surface area (Å²) in [6.07, 6.45) is 2.56. The Morgan fingerprint density at radius 2 is 1.67 bits per heavy atom. The van der Waals surface area contributed by atoms with Crippen molar-refractivity contribution in [2.45, 2.75) is 127 Å². The standard InChI is InChI=1S/C38H56O10S/c1-24-18-29(15-16-32-25(2)19-28(46-32)12-11-17-45-37(41)38(4,5)6)47-33(26(24)3)21-34-31(23-49(42,43)30-13-9-8-10-14-30)36(44-7)35(48-34)20-27(40)22-39/h8-10,13-14,24,28-29,31-36,39H,2-3,11-12,15-23H2,1,4-7H3/t24-,28?,29+,31+,32+,33-,34?,35-,36-/m1/s1. The molecule has 3 fully saturated rings. The number of hydrogen-bond acceptors (Lipinski definition) is 10. The zero-order valence-electron chi connectivity index (χ0n) is 29.8. The molecule has 4 rings (SSSR count). The molecule has 2 unspecified atom stereocenters. The maximum absolute atomic E-state index is 13.5. The van der Waals surface area contributed by atoms with Crippen LogP contribution in [0.2, 0.25) is 0 Å². The maximum atomic E-state index is 13.5. The van der Waals surface area contributed by atoms with Crippen LogP contribution in [-0.4, -0.2) is 94.1 Å². The normalized spacial score (nSPS) is 30.9. The number of carbonyl (C=O) groups excluding carboxylic acids is 2. The summed E-state index contributed by atoms with van der Waals surface area (Å²) in [5.74, 6) is -1.21. The summed E-state index contributed by atoms with van der Waals surface area (Å²) in [5.41, 5.74) is 1.48. The lowest BCUT2D eigenvalue weighted by Crippen LogP contribution is -2.40. The molecule has 0 bridgehead atoms. The Kier molecular flexibility index (Phi) is 13.8. The first-order valence-corrected chi connectivity index (χ1v) is 19.2. The number of esters is 1. The molecule has 3 aliphatic rings. The van der Waals surface area contributed by atoms with E-state index >= 15 is 0 Å². The van der Waals surface area contributed by atoms with E-state index in [1.807, 2.05) is 20.8 Å². The van der Waals surface area contributed by atoms with Gasteiger partial charge in [-0.05, 0) is 88.5 Å². The van der Waals surface area contributed by atoms with Crippen molar-refractivity contribution in [1.82, 2.24) is 0 Å². The van der Waals surface area contributed by atoms with Crippen LogP contribution in [0.5, 0.6) is 0 Å². The zero-order valence-corrected chi connectivity index (χ0v) is 30.6. The van der Waals surface area contributed by atoms with Crippen molar-refractivity contribution < 1.29 is 46.8 Å². The minimum atomic E-state index is -3.70. The van der Waals surface area contributed by atoms with Crippen LogP contribution in [0, 0.1) is 17.3 Å². The molecule has 3 saturated heterocycles. The van der Waals surface area contributed by atoms with Gasteiger partial charge in [0, 0.05) is 25.9 Å². The fraction of sp³-hybridized carbons (Fsp3) is 0.684. The van der Waals surface area contributed by atoms with Gasteiger partial charge in [-0.15, -0.1) is 0 Å². The molecule has 11 heteroatoms. The van der Waals surface area contributed by atoms with Crippen LogP contribution in [0.15, 0.2) is 59.5 Å². The molecule has 0 aromatic heterocycles. The topological polar surface area (TPSA) is 135 Å². The van der Waals surface area contributed by atoms with E-state index in [1.54, 1.807) is 30.3 Å². The number of sulfone groups is 1. The van der Waals surface area contributed by atoms with Gasteiger partial charge in [-0.25, -0.2) is 8.42 Å². The Morgan fingerprint density at radius 3 is 2.33 bits per heavy atom. The zero-order chi connectivity index (χ0) is 35.9. The van der Waals surface area contributed by atoms with Gasteiger partial charge in [0.25, 0.3) is 0 Å². The van der Waals surface area contributed by atoms with Gasteiger partial charge < -0.3 is 28.8 Å². The van der Waals surface area contributed by atoms with Crippen LogP contribution in [0.4, 0.5) is 0 Å². The number of hydrogen-bond donors (Lipinski definition) is 1. The number of aliphatic hydroxyl groups is 1. The molecule has 3 aliphatic heterocycles. The SMILES string of the molecule is C=C1CC(CCCOC(=O)C(C)(C)C)O[C@H]1CC[C@H]1C[C@@H](C)C(=C)[C@@H](CC2O[C@H](CC(=O)CO)[C@H](OC)[C@H]2CS(=O)(=O)c2ccccc2)O1. The second-order valence-corrected chi connectivity index (χ2v) is 17.0. The molecule has 0 spiro atoms. The van der Waals surface area contributed by atoms with Gasteiger partial charge in [0.05, 0.1) is 65.4 Å². The lowest BCUT2D eigenvalue weighted by Gasteiger charge is -2.38. The second-order valence-electron chi connectivity index (χ2n) is 15.0. The number of Topliss-reactive ketones (excluding diaryl/α,β-unsaturated/α-hetero) is 1. The smallest absolute Gasteiger partial charge is 0.311 e. The number of methoxy groups -OCH3 is 1. The van der Waals surface area contributed by atoms with E-state index in [1.165, 1.54) is 7.11 Å². The van der Waals surface area contributed by atoms with E-state index in [0.717, 1.165) is 49.7 Å². The van der Waals surface area contributed by atoms with Gasteiger partial charge in [0.15, 0.2) is 15.6 Å². The molecular weight excluding hydrogens is 648 g/mol. The van der Waals surface area contributed by atoms with Crippen molar-refractivity contribution in [3.63, 3.8) is 0 Å². The Bertz CT molecular complexity index is 1400. The molecule has 49 heavy (non-hydrogen) atoms. The van der Waals surface area contributed by atoms with Crippen LogP contribution < -0.4 is 0 Å². The molecule has 0 amide bonds. The van der Waals surface area contributed by atoms with Gasteiger partial charge in [-0.1, -0.05) is 38.3 Å². The van der Waals surface area contributed by atoms with Crippen molar-refractivity contribution in [2.24, 2.45) is 17.3 Å². The highest BCUT2D eigenvalue weighted by atomic mass is 32.2. The molecule has 3 heterocycles. The molecule has 274 valence electrons. The van der Waals surface area contributed by atoms with Gasteiger partial charge >= 0.3 is 5.97 Å². The van der Waals surface area contributed by atoms with Gasteiger partial charge in [0.2, 0.25) is 0 Å². The molecule has 10 nitrogen and oxygen atoms in total. The number of aliphatic hydroxyl groups excluding tert-OH is 1. The fourth-order valence-electron chi connectivity index (χ4n) is 7.19. The quantitative estimate of drug-likeness (QED) is 0.135. The summed E-state index contributed by atoms with van der Waals surface area (Å²) in [7, 11) is -2.21. The van der Waals surface area contributed by atoms with Crippen molar-refractivity contribution in [3.05, 3.63) is 54.6 Å². The Morgan fingerprint density at radius 1 is 0.980 bits per heavy atom. The highest BCUT2D eigenvalue weighted by molar-refractivity contribution is 7.91. The fourth-order valence-corrected chi connectivity index (χ4v) is 8.87. The van der Waals surface area contributed by atoms with E-state index in [4.69, 9.17) is 23.7 Å². The molecule has 0 radical (unpaired) electrons. The Labute approximate surface area is 292 Å². The molecule has 1 aromatic rings. The third-order valence-electron chi connectivity index (χ3n) is 10.0. The first kappa shape index (κ1) is 39.4. The molecule has 1 aromatic carbocycles. The van der Waals surface area contributed by atoms with E-state index in [2.05, 4.69) is 20.1 Å². The monoisotopic (exact) mass is 704 g/mol. The Balaban J connectivity index is 1.37. The van der Waals surface area contributed by atoms with Crippen molar-refractivity contribution >= 4 is 21.6 Å². The first-order valence-electron chi connectivity index (χ1n) is 17.6. The van der Waals surface area contributed by atoms with Gasteiger partial charge in [-0.2, -0.15) is 0 Å². The molecule has 1 N–H and O–H groups in total. The van der Waals surface area contributed by atoms with Gasteiger partial charge in [-0.3, -0.25) is 9.59 Å². The number of ether oxygens (including phenoxy) is 5. The van der Waals surface area contributed by atoms with Gasteiger partial charge in [0.1, 0.15) is 6.61 Å². The number of benzene rings is 1. The predicted octanol–water partition coefficient (Wildman–Crippen LogP) is 5.41. The molecular formula is C38H56O10S. The number of rotatable bonds is 16. The summed E-state index contributed by atoms with van der Waals surface area (Å²) < 4.78 is 57.6. The number of carbonyl (C=O) groups is 2. The van der Waals surface area contributed by atoms with Crippen molar-refractivity contribution in [3.8, 4) is 0 Å². The van der Waals surface area contributed by atoms with E-state index in [0.29, 0.717) is 13.0 Å². The minimum Gasteiger partial charge on any atom is -0.465 e. The second kappa shape index (κ2) is 17.2. The molecule has 0 saturated carbocycles. The molecule has 9 atom stereocenters. The van der Waals surface area contributed by atoms with Crippen molar-refractivity contribution in [2.75, 3.05) is 26.1 Å². The predicted molar refractivity (Wildman–Crippen MR) is 186 cm³/mol. The maximum Gasteiger partial charge on any atom is 0.311 e. The summed E-state index contributed by atoms with van der Waals surface area (Å²) in [5, 5.41) is 9.42. The summed E-state index contributed by atoms with van der Waals surface area (Å²) in [6.45, 7) is 16.0. The van der Waals surface area contributed by atoms with Crippen LogP contribution in [0.25, 0.3) is 0 Å². The van der Waals surface area contributed by atoms with E-state index < -0.39 is 51.9 Å². The summed E-state index contributed by atoms with van der Waals surface area (Å²) in [6, 6.07) is 8.28. The summed E-state index contributed by atoms with van der Waals surface area (Å²) in [4.78, 5) is 24.5. The van der Waals surface area contributed by atoms with Crippen LogP contribution in [0.3, 0.4) is 0 Å². The highest BCUT2D eigenvalue weighted by Gasteiger charge is 2.49.